The van der Waals surface area contributed by atoms with Crippen LogP contribution in [0, 0.1) is 17.7 Å². The van der Waals surface area contributed by atoms with Gasteiger partial charge < -0.3 is 4.98 Å². The summed E-state index contributed by atoms with van der Waals surface area (Å²) < 4.78 is 14.3. The molecule has 2 saturated carbocycles. The summed E-state index contributed by atoms with van der Waals surface area (Å²) in [5.41, 5.74) is -0.0535. The smallest absolute Gasteiger partial charge is 0.307 e. The first-order chi connectivity index (χ1) is 17.4. The molecule has 2 aliphatic carbocycles. The molecule has 1 atom stereocenters. The van der Waals surface area contributed by atoms with E-state index in [1.165, 1.54) is 12.1 Å². The van der Waals surface area contributed by atoms with E-state index in [-0.39, 0.29) is 29.3 Å². The van der Waals surface area contributed by atoms with Crippen LogP contribution in [0.3, 0.4) is 0 Å². The highest BCUT2D eigenvalue weighted by atomic mass is 19.1. The number of carbonyl (C=O) groups is 2. The SMILES string of the molecule is O=C(CC1CC1)c1ccc2c(=O)n(C(CC3CCCCC3)C(=O)Cc3ccc(F)cn3)c(=O)[nH]c2c1. The molecule has 2 heterocycles. The van der Waals surface area contributed by atoms with E-state index in [1.807, 2.05) is 0 Å². The second kappa shape index (κ2) is 10.3. The molecule has 8 heteroatoms. The van der Waals surface area contributed by atoms with Crippen LogP contribution in [0.2, 0.25) is 0 Å². The van der Waals surface area contributed by atoms with Gasteiger partial charge in [-0.05, 0) is 55.4 Å². The third-order valence-corrected chi connectivity index (χ3v) is 7.53. The van der Waals surface area contributed by atoms with Gasteiger partial charge in [0.15, 0.2) is 11.6 Å². The maximum absolute atomic E-state index is 13.5. The molecule has 0 aliphatic heterocycles. The Labute approximate surface area is 207 Å². The van der Waals surface area contributed by atoms with Crippen LogP contribution in [0.25, 0.3) is 10.9 Å². The lowest BCUT2D eigenvalue weighted by molar-refractivity contribution is -0.122. The number of rotatable bonds is 9. The van der Waals surface area contributed by atoms with Crippen LogP contribution in [-0.2, 0) is 11.2 Å². The van der Waals surface area contributed by atoms with Crippen LogP contribution < -0.4 is 11.2 Å². The topological polar surface area (TPSA) is 102 Å². The van der Waals surface area contributed by atoms with E-state index in [9.17, 15) is 23.6 Å². The molecule has 0 amide bonds. The first-order valence-electron chi connectivity index (χ1n) is 12.8. The molecule has 1 aromatic carbocycles. The van der Waals surface area contributed by atoms with E-state index in [1.54, 1.807) is 18.2 Å². The number of Topliss-reactive ketones (excluding diaryl/α,β-unsaturated/α-hetero) is 2. The minimum absolute atomic E-state index is 0.00146. The Hall–Kier alpha value is -3.42. The zero-order valence-electron chi connectivity index (χ0n) is 20.2. The van der Waals surface area contributed by atoms with Crippen molar-refractivity contribution in [2.45, 2.75) is 70.3 Å². The van der Waals surface area contributed by atoms with Crippen LogP contribution in [0.4, 0.5) is 4.39 Å². The molecule has 0 bridgehead atoms. The summed E-state index contributed by atoms with van der Waals surface area (Å²) in [7, 11) is 0. The average molecular weight is 492 g/mol. The second-order valence-corrected chi connectivity index (χ2v) is 10.3. The van der Waals surface area contributed by atoms with Crippen molar-refractivity contribution in [1.82, 2.24) is 14.5 Å². The number of carbonyl (C=O) groups excluding carboxylic acids is 2. The number of ketones is 2. The zero-order chi connectivity index (χ0) is 25.2. The highest BCUT2D eigenvalue weighted by Gasteiger charge is 2.30. The molecule has 2 aliphatic rings. The van der Waals surface area contributed by atoms with Gasteiger partial charge in [-0.2, -0.15) is 0 Å². The lowest BCUT2D eigenvalue weighted by Gasteiger charge is -2.26. The standard InChI is InChI=1S/C28H30FN3O4/c29-20-9-10-21(30-16-20)15-26(34)24(12-17-4-2-1-3-5-17)32-27(35)22-11-8-19(14-23(22)31-28(32)36)25(33)13-18-6-7-18/h8-11,14,16-18,24H,1-7,12-13,15H2,(H,31,36). The summed E-state index contributed by atoms with van der Waals surface area (Å²) >= 11 is 0. The predicted octanol–water partition coefficient (Wildman–Crippen LogP) is 4.53. The Morgan fingerprint density at radius 1 is 1.03 bits per heavy atom. The number of nitrogens with zero attached hydrogens (tertiary/aromatic N) is 2. The van der Waals surface area contributed by atoms with E-state index >= 15 is 0 Å². The first-order valence-corrected chi connectivity index (χ1v) is 12.8. The van der Waals surface area contributed by atoms with Crippen molar-refractivity contribution >= 4 is 22.5 Å². The molecule has 1 unspecified atom stereocenters. The molecule has 2 fully saturated rings. The Balaban J connectivity index is 1.50. The quantitative estimate of drug-likeness (QED) is 0.443. The number of fused-ring (bicyclic) bond motifs is 1. The number of H-pyrrole nitrogens is 1. The maximum atomic E-state index is 13.5. The molecule has 3 aromatic rings. The fraction of sp³-hybridized carbons (Fsp3) is 0.464. The van der Waals surface area contributed by atoms with Crippen LogP contribution in [0.5, 0.6) is 0 Å². The van der Waals surface area contributed by atoms with E-state index < -0.39 is 23.1 Å². The monoisotopic (exact) mass is 491 g/mol. The summed E-state index contributed by atoms with van der Waals surface area (Å²) in [6, 6.07) is 6.48. The normalized spacial score (nSPS) is 17.2. The van der Waals surface area contributed by atoms with Crippen molar-refractivity contribution in [3.05, 3.63) is 74.4 Å². The van der Waals surface area contributed by atoms with Gasteiger partial charge >= 0.3 is 5.69 Å². The molecule has 0 saturated heterocycles. The van der Waals surface area contributed by atoms with E-state index in [4.69, 9.17) is 0 Å². The molecule has 2 aromatic heterocycles. The lowest BCUT2D eigenvalue weighted by atomic mass is 9.83. The van der Waals surface area contributed by atoms with Gasteiger partial charge in [0.1, 0.15) is 11.9 Å². The predicted molar refractivity (Wildman–Crippen MR) is 134 cm³/mol. The van der Waals surface area contributed by atoms with Crippen molar-refractivity contribution in [2.24, 2.45) is 11.8 Å². The largest absolute Gasteiger partial charge is 0.329 e. The molecule has 5 rings (SSSR count). The fourth-order valence-corrected chi connectivity index (χ4v) is 5.32. The lowest BCUT2D eigenvalue weighted by Crippen LogP contribution is -2.42. The van der Waals surface area contributed by atoms with Crippen molar-refractivity contribution in [1.29, 1.82) is 0 Å². The number of benzene rings is 1. The van der Waals surface area contributed by atoms with E-state index in [2.05, 4.69) is 9.97 Å². The van der Waals surface area contributed by atoms with Crippen LogP contribution in [0.1, 0.15) is 79.9 Å². The van der Waals surface area contributed by atoms with Gasteiger partial charge in [-0.3, -0.25) is 19.4 Å². The van der Waals surface area contributed by atoms with Crippen LogP contribution >= 0.6 is 0 Å². The summed E-state index contributed by atoms with van der Waals surface area (Å²) in [5.74, 6) is -0.132. The molecule has 1 N–H and O–H groups in total. The number of pyridine rings is 1. The van der Waals surface area contributed by atoms with Crippen molar-refractivity contribution < 1.29 is 14.0 Å². The Morgan fingerprint density at radius 2 is 1.81 bits per heavy atom. The van der Waals surface area contributed by atoms with E-state index in [0.29, 0.717) is 35.5 Å². The summed E-state index contributed by atoms with van der Waals surface area (Å²) in [6.45, 7) is 0. The minimum atomic E-state index is -0.947. The number of halogens is 1. The minimum Gasteiger partial charge on any atom is -0.307 e. The van der Waals surface area contributed by atoms with Gasteiger partial charge in [0.2, 0.25) is 0 Å². The number of aromatic nitrogens is 3. The van der Waals surface area contributed by atoms with Gasteiger partial charge in [-0.1, -0.05) is 38.2 Å². The van der Waals surface area contributed by atoms with Crippen LogP contribution in [0.15, 0.2) is 46.1 Å². The van der Waals surface area contributed by atoms with Crippen molar-refractivity contribution in [2.75, 3.05) is 0 Å². The van der Waals surface area contributed by atoms with Crippen molar-refractivity contribution in [3.63, 3.8) is 0 Å². The number of hydrogen-bond donors (Lipinski definition) is 1. The number of hydrogen-bond acceptors (Lipinski definition) is 5. The summed E-state index contributed by atoms with van der Waals surface area (Å²) in [5, 5.41) is 0.263. The van der Waals surface area contributed by atoms with E-state index in [0.717, 1.165) is 55.7 Å². The van der Waals surface area contributed by atoms with Gasteiger partial charge in [0.05, 0.1) is 23.5 Å². The summed E-state index contributed by atoms with van der Waals surface area (Å²) in [4.78, 5) is 59.5. The van der Waals surface area contributed by atoms with Gasteiger partial charge in [0.25, 0.3) is 5.56 Å². The molecular formula is C28H30FN3O4. The Kier molecular flexibility index (Phi) is 6.94. The molecule has 188 valence electrons. The molecule has 36 heavy (non-hydrogen) atoms. The number of aromatic amines is 1. The average Bonchev–Trinajstić information content (AvgIpc) is 3.69. The highest BCUT2D eigenvalue weighted by Crippen LogP contribution is 2.34. The Bertz CT molecular complexity index is 1400. The molecule has 7 nitrogen and oxygen atoms in total. The van der Waals surface area contributed by atoms with Gasteiger partial charge in [-0.15, -0.1) is 0 Å². The van der Waals surface area contributed by atoms with Gasteiger partial charge in [0, 0.05) is 17.7 Å². The summed E-state index contributed by atoms with van der Waals surface area (Å²) in [6.07, 6.45) is 9.11. The number of nitrogens with one attached hydrogen (secondary N) is 1. The maximum Gasteiger partial charge on any atom is 0.329 e. The third-order valence-electron chi connectivity index (χ3n) is 7.53. The molecule has 0 radical (unpaired) electrons. The highest BCUT2D eigenvalue weighted by molar-refractivity contribution is 5.99. The molecule has 0 spiro atoms. The zero-order valence-corrected chi connectivity index (χ0v) is 20.2. The molecular weight excluding hydrogens is 461 g/mol. The Morgan fingerprint density at radius 3 is 2.50 bits per heavy atom. The third kappa shape index (κ3) is 5.37. The fourth-order valence-electron chi connectivity index (χ4n) is 5.32. The second-order valence-electron chi connectivity index (χ2n) is 10.3. The van der Waals surface area contributed by atoms with Crippen molar-refractivity contribution in [3.8, 4) is 0 Å². The van der Waals surface area contributed by atoms with Gasteiger partial charge in [-0.25, -0.2) is 13.8 Å². The van der Waals surface area contributed by atoms with Crippen LogP contribution in [-0.4, -0.2) is 26.1 Å². The first kappa shape index (κ1) is 24.3.